The molecule has 0 fully saturated rings. The number of rotatable bonds is 16. The molecule has 0 radical (unpaired) electrons. The minimum Gasteiger partial charge on any atom is -0.870 e. The number of hydrogen-bond acceptors (Lipinski definition) is 4. The van der Waals surface area contributed by atoms with Crippen LogP contribution in [0.25, 0.3) is 0 Å². The summed E-state index contributed by atoms with van der Waals surface area (Å²) in [5.41, 5.74) is 1.12. The number of benzene rings is 2. The van der Waals surface area contributed by atoms with Gasteiger partial charge in [-0.15, -0.1) is 0 Å². The van der Waals surface area contributed by atoms with Gasteiger partial charge in [0.2, 0.25) is 0 Å². The summed E-state index contributed by atoms with van der Waals surface area (Å²) in [6, 6.07) is 10.7. The monoisotopic (exact) mass is 484 g/mol. The molecule has 7 heteroatoms. The number of hydrogen-bond donors (Lipinski definition) is 1. The average molecular weight is 485 g/mol. The molecule has 0 amide bonds. The van der Waals surface area contributed by atoms with Crippen molar-refractivity contribution in [3.63, 3.8) is 0 Å². The zero-order valence-corrected chi connectivity index (χ0v) is 23.0. The first-order valence-corrected chi connectivity index (χ1v) is 13.4. The minimum atomic E-state index is -4.39. The van der Waals surface area contributed by atoms with Gasteiger partial charge in [-0.3, -0.25) is 4.55 Å². The predicted octanol–water partition coefficient (Wildman–Crippen LogP) is 4.05. The van der Waals surface area contributed by atoms with Crippen molar-refractivity contribution in [1.29, 1.82) is 0 Å². The van der Waals surface area contributed by atoms with E-state index >= 15 is 0 Å². The van der Waals surface area contributed by atoms with Crippen molar-refractivity contribution < 1.29 is 52.4 Å². The van der Waals surface area contributed by atoms with E-state index in [1.165, 1.54) is 70.6 Å². The Labute approximate surface area is 222 Å². The fourth-order valence-electron chi connectivity index (χ4n) is 3.79. The van der Waals surface area contributed by atoms with Crippen molar-refractivity contribution in [2.75, 3.05) is 0 Å². The standard InChI is InChI=1S/C26H38O5S.Na/c1-2-3-4-5-6-7-8-9-10-11-12-13-15-22-16-14-17-23(20-22)31-26-21-24(32(28,29)30)18-19-25(26)27;/h14,16-21,27H,2-13,15H2,1H3,(H,28,29,30);/q;+1/p-1. The third-order valence-corrected chi connectivity index (χ3v) is 6.51. The second-order valence-electron chi connectivity index (χ2n) is 8.47. The van der Waals surface area contributed by atoms with Gasteiger partial charge in [0, 0.05) is 6.07 Å². The van der Waals surface area contributed by atoms with Crippen molar-refractivity contribution in [1.82, 2.24) is 0 Å². The molecule has 0 aliphatic carbocycles. The van der Waals surface area contributed by atoms with Crippen molar-refractivity contribution in [3.8, 4) is 17.2 Å². The molecule has 178 valence electrons. The molecule has 0 aromatic heterocycles. The fourth-order valence-corrected chi connectivity index (χ4v) is 4.29. The van der Waals surface area contributed by atoms with Crippen LogP contribution in [0.5, 0.6) is 17.2 Å². The van der Waals surface area contributed by atoms with Crippen LogP contribution in [0.1, 0.15) is 89.5 Å². The molecule has 0 spiro atoms. The first kappa shape index (κ1) is 30.0. The Morgan fingerprint density at radius 1 is 0.818 bits per heavy atom. The van der Waals surface area contributed by atoms with E-state index < -0.39 is 15.9 Å². The van der Waals surface area contributed by atoms with Crippen LogP contribution in [0.4, 0.5) is 0 Å². The van der Waals surface area contributed by atoms with Gasteiger partial charge in [0.15, 0.2) is 0 Å². The molecule has 0 aliphatic heterocycles. The van der Waals surface area contributed by atoms with Gasteiger partial charge in [0.1, 0.15) is 11.5 Å². The van der Waals surface area contributed by atoms with Gasteiger partial charge in [0.25, 0.3) is 10.1 Å². The predicted molar refractivity (Wildman–Crippen MR) is 127 cm³/mol. The summed E-state index contributed by atoms with van der Waals surface area (Å²) in [6.45, 7) is 2.25. The molecule has 2 aromatic carbocycles. The van der Waals surface area contributed by atoms with Crippen LogP contribution in [-0.2, 0) is 16.5 Å². The number of unbranched alkanes of at least 4 members (excludes halogenated alkanes) is 11. The Morgan fingerprint density at radius 2 is 1.39 bits per heavy atom. The van der Waals surface area contributed by atoms with E-state index in [0.29, 0.717) is 5.75 Å². The molecule has 0 atom stereocenters. The second kappa shape index (κ2) is 16.6. The summed E-state index contributed by atoms with van der Waals surface area (Å²) in [5.74, 6) is -0.0857. The summed E-state index contributed by atoms with van der Waals surface area (Å²) in [7, 11) is -4.39. The Hall–Kier alpha value is -1.05. The molecule has 0 unspecified atom stereocenters. The van der Waals surface area contributed by atoms with Gasteiger partial charge in [-0.05, 0) is 36.6 Å². The Morgan fingerprint density at radius 3 is 1.97 bits per heavy atom. The Kier molecular flexibility index (Phi) is 15.0. The largest absolute Gasteiger partial charge is 1.00 e. The zero-order chi connectivity index (χ0) is 23.2. The SMILES string of the molecule is CCCCCCCCCCCCCCc1cccc(Oc2cc(S(=O)(=O)O)ccc2[O-])c1.[Na+]. The Bertz CT molecular complexity index is 915. The van der Waals surface area contributed by atoms with E-state index in [4.69, 9.17) is 9.29 Å². The maximum Gasteiger partial charge on any atom is 1.00 e. The molecular formula is C26H37NaO5S. The van der Waals surface area contributed by atoms with Crippen LogP contribution in [-0.4, -0.2) is 13.0 Å². The normalized spacial score (nSPS) is 11.2. The quantitative estimate of drug-likeness (QED) is 0.221. The molecule has 0 saturated carbocycles. The van der Waals surface area contributed by atoms with Gasteiger partial charge in [0.05, 0.1) is 4.90 Å². The molecule has 1 N–H and O–H groups in total. The summed E-state index contributed by atoms with van der Waals surface area (Å²) in [5, 5.41) is 12.0. The van der Waals surface area contributed by atoms with Crippen LogP contribution < -0.4 is 39.4 Å². The second-order valence-corrected chi connectivity index (χ2v) is 9.89. The van der Waals surface area contributed by atoms with Crippen LogP contribution in [0, 0.1) is 0 Å². The van der Waals surface area contributed by atoms with Gasteiger partial charge in [-0.25, -0.2) is 0 Å². The summed E-state index contributed by atoms with van der Waals surface area (Å²) < 4.78 is 37.4. The van der Waals surface area contributed by atoms with E-state index in [9.17, 15) is 13.5 Å². The molecule has 0 saturated heterocycles. The van der Waals surface area contributed by atoms with E-state index in [1.54, 1.807) is 6.07 Å². The molecule has 5 nitrogen and oxygen atoms in total. The van der Waals surface area contributed by atoms with E-state index in [-0.39, 0.29) is 40.2 Å². The van der Waals surface area contributed by atoms with Crippen LogP contribution in [0.2, 0.25) is 0 Å². The summed E-state index contributed by atoms with van der Waals surface area (Å²) in [4.78, 5) is -0.361. The third kappa shape index (κ3) is 12.3. The molecule has 0 aliphatic rings. The van der Waals surface area contributed by atoms with Crippen molar-refractivity contribution >= 4 is 10.1 Å². The topological polar surface area (TPSA) is 86.7 Å². The first-order chi connectivity index (χ1) is 15.4. The summed E-state index contributed by atoms with van der Waals surface area (Å²) >= 11 is 0. The number of aryl methyl sites for hydroxylation is 1. The van der Waals surface area contributed by atoms with Crippen molar-refractivity contribution in [3.05, 3.63) is 48.0 Å². The van der Waals surface area contributed by atoms with Crippen LogP contribution in [0.3, 0.4) is 0 Å². The van der Waals surface area contributed by atoms with Crippen LogP contribution >= 0.6 is 0 Å². The Balaban J connectivity index is 0.00000544. The van der Waals surface area contributed by atoms with Gasteiger partial charge in [-0.1, -0.05) is 102 Å². The molecular weight excluding hydrogens is 447 g/mol. The zero-order valence-electron chi connectivity index (χ0n) is 20.2. The average Bonchev–Trinajstić information content (AvgIpc) is 2.75. The van der Waals surface area contributed by atoms with Gasteiger partial charge < -0.3 is 9.84 Å². The van der Waals surface area contributed by atoms with Gasteiger partial charge in [-0.2, -0.15) is 8.42 Å². The van der Waals surface area contributed by atoms with Crippen LogP contribution in [0.15, 0.2) is 47.4 Å². The summed E-state index contributed by atoms with van der Waals surface area (Å²) in [6.07, 6.45) is 16.7. The fraction of sp³-hybridized carbons (Fsp3) is 0.538. The maximum atomic E-state index is 12.0. The maximum absolute atomic E-state index is 12.0. The molecule has 33 heavy (non-hydrogen) atoms. The molecule has 2 aromatic rings. The third-order valence-electron chi connectivity index (χ3n) is 5.66. The van der Waals surface area contributed by atoms with E-state index in [2.05, 4.69) is 6.92 Å². The van der Waals surface area contributed by atoms with Crippen molar-refractivity contribution in [2.24, 2.45) is 0 Å². The smallest absolute Gasteiger partial charge is 0.870 e. The molecule has 2 rings (SSSR count). The molecule has 0 heterocycles. The van der Waals surface area contributed by atoms with Gasteiger partial charge >= 0.3 is 29.6 Å². The minimum absolute atomic E-state index is 0. The van der Waals surface area contributed by atoms with E-state index in [0.717, 1.165) is 36.6 Å². The van der Waals surface area contributed by atoms with E-state index in [1.807, 2.05) is 18.2 Å². The molecule has 0 bridgehead atoms. The number of ether oxygens (including phenoxy) is 1. The van der Waals surface area contributed by atoms with Crippen molar-refractivity contribution in [2.45, 2.75) is 95.3 Å². The first-order valence-electron chi connectivity index (χ1n) is 12.0.